The number of ether oxygens (including phenoxy) is 1. The van der Waals surface area contributed by atoms with Crippen molar-refractivity contribution in [1.29, 1.82) is 0 Å². The van der Waals surface area contributed by atoms with E-state index in [-0.39, 0.29) is 0 Å². The van der Waals surface area contributed by atoms with Gasteiger partial charge in [0.1, 0.15) is 5.82 Å². The topological polar surface area (TPSA) is 94.1 Å². The van der Waals surface area contributed by atoms with Crippen LogP contribution in [0.15, 0.2) is 30.4 Å². The average molecular weight is 357 g/mol. The molecule has 3 heterocycles. The molecule has 8 nitrogen and oxygen atoms in total. The van der Waals surface area contributed by atoms with Gasteiger partial charge < -0.3 is 20.7 Å². The molecular formula is C18H27N7O. The lowest BCUT2D eigenvalue weighted by molar-refractivity contribution is 0.104. The van der Waals surface area contributed by atoms with Gasteiger partial charge in [-0.15, -0.1) is 0 Å². The van der Waals surface area contributed by atoms with E-state index in [1.165, 1.54) is 0 Å². The van der Waals surface area contributed by atoms with E-state index < -0.39 is 0 Å². The summed E-state index contributed by atoms with van der Waals surface area (Å²) in [4.78, 5) is 11.2. The molecule has 0 amide bonds. The lowest BCUT2D eigenvalue weighted by atomic mass is 10.1. The third-order valence-electron chi connectivity index (χ3n) is 4.60. The molecule has 3 rings (SSSR count). The summed E-state index contributed by atoms with van der Waals surface area (Å²) in [6.07, 6.45) is 7.52. The van der Waals surface area contributed by atoms with Gasteiger partial charge in [-0.25, -0.2) is 9.97 Å². The number of rotatable bonds is 6. The van der Waals surface area contributed by atoms with E-state index >= 15 is 0 Å². The van der Waals surface area contributed by atoms with Crippen molar-refractivity contribution in [2.24, 2.45) is 7.05 Å². The van der Waals surface area contributed by atoms with Gasteiger partial charge in [-0.1, -0.05) is 0 Å². The Bertz CT molecular complexity index is 763. The Kier molecular flexibility index (Phi) is 5.60. The molecule has 0 saturated carbocycles. The minimum Gasteiger partial charge on any atom is -0.480 e. The van der Waals surface area contributed by atoms with Crippen molar-refractivity contribution in [3.63, 3.8) is 0 Å². The molecule has 1 aliphatic rings. The number of aromatic nitrogens is 4. The maximum Gasteiger partial charge on any atom is 0.223 e. The van der Waals surface area contributed by atoms with Gasteiger partial charge >= 0.3 is 0 Å². The van der Waals surface area contributed by atoms with Crippen LogP contribution in [0.25, 0.3) is 11.3 Å². The van der Waals surface area contributed by atoms with Crippen LogP contribution in [0.3, 0.4) is 0 Å². The fourth-order valence-electron chi connectivity index (χ4n) is 3.15. The van der Waals surface area contributed by atoms with E-state index in [0.717, 1.165) is 43.1 Å². The number of hydrogen-bond donors (Lipinski definition) is 2. The molecule has 2 aromatic rings. The molecular weight excluding hydrogens is 330 g/mol. The fraction of sp³-hybridized carbons (Fsp3) is 0.500. The predicted octanol–water partition coefficient (Wildman–Crippen LogP) is 2.23. The van der Waals surface area contributed by atoms with Gasteiger partial charge in [0.2, 0.25) is 5.95 Å². The first-order valence-corrected chi connectivity index (χ1v) is 9.03. The van der Waals surface area contributed by atoms with Crippen LogP contribution >= 0.6 is 0 Å². The molecule has 0 spiro atoms. The first kappa shape index (κ1) is 18.0. The van der Waals surface area contributed by atoms with Gasteiger partial charge in [0.25, 0.3) is 0 Å². The molecule has 0 atom stereocenters. The smallest absolute Gasteiger partial charge is 0.223 e. The quantitative estimate of drug-likeness (QED) is 0.766. The minimum absolute atomic E-state index is 0.340. The molecule has 0 radical (unpaired) electrons. The van der Waals surface area contributed by atoms with E-state index in [9.17, 15) is 0 Å². The zero-order chi connectivity index (χ0) is 18.5. The van der Waals surface area contributed by atoms with Gasteiger partial charge in [-0.05, 0) is 38.8 Å². The van der Waals surface area contributed by atoms with Crippen LogP contribution in [0.4, 0.5) is 11.8 Å². The number of aryl methyl sites for hydroxylation is 1. The number of nitrogens with one attached hydrogen (secondary N) is 1. The molecule has 1 saturated heterocycles. The summed E-state index contributed by atoms with van der Waals surface area (Å²) in [5.74, 6) is 2.19. The molecule has 0 bridgehead atoms. The van der Waals surface area contributed by atoms with E-state index in [2.05, 4.69) is 25.3 Å². The maximum absolute atomic E-state index is 6.05. The van der Waals surface area contributed by atoms with Crippen molar-refractivity contribution in [2.75, 3.05) is 30.7 Å². The van der Waals surface area contributed by atoms with E-state index in [1.807, 2.05) is 33.0 Å². The number of anilines is 2. The maximum atomic E-state index is 6.05. The summed E-state index contributed by atoms with van der Waals surface area (Å²) < 4.78 is 7.32. The van der Waals surface area contributed by atoms with Crippen molar-refractivity contribution < 1.29 is 4.74 Å². The number of hydrogen-bond acceptors (Lipinski definition) is 7. The first-order chi connectivity index (χ1) is 12.6. The van der Waals surface area contributed by atoms with Crippen LogP contribution in [0.2, 0.25) is 0 Å². The molecule has 0 aromatic carbocycles. The molecule has 2 aromatic heterocycles. The summed E-state index contributed by atoms with van der Waals surface area (Å²) in [6, 6.07) is 2.19. The molecule has 8 heteroatoms. The van der Waals surface area contributed by atoms with Crippen molar-refractivity contribution >= 4 is 11.8 Å². The fourth-order valence-corrected chi connectivity index (χ4v) is 3.15. The largest absolute Gasteiger partial charge is 0.480 e. The molecule has 26 heavy (non-hydrogen) atoms. The number of likely N-dealkylation sites (tertiary alicyclic amines) is 1. The van der Waals surface area contributed by atoms with Crippen molar-refractivity contribution in [1.82, 2.24) is 24.6 Å². The third kappa shape index (κ3) is 3.89. The number of nitrogens with two attached hydrogens (primary N) is 1. The Balaban J connectivity index is 1.62. The zero-order valence-electron chi connectivity index (χ0n) is 15.6. The van der Waals surface area contributed by atoms with Crippen molar-refractivity contribution in [2.45, 2.75) is 32.7 Å². The number of nitrogens with zero attached hydrogens (tertiary/aromatic N) is 5. The van der Waals surface area contributed by atoms with Crippen LogP contribution in [0.1, 0.15) is 26.7 Å². The molecule has 0 aliphatic carbocycles. The SMILES string of the molecule is C/C=C(/OCC)N1CCC(Nc2nccc(-c3cnn(C)c3N)n2)CC1. The Hall–Kier alpha value is -2.77. The molecule has 0 unspecified atom stereocenters. The Labute approximate surface area is 154 Å². The van der Waals surface area contributed by atoms with Gasteiger partial charge in [0, 0.05) is 32.4 Å². The summed E-state index contributed by atoms with van der Waals surface area (Å²) in [6.45, 7) is 6.62. The standard InChI is InChI=1S/C18H27N7O/c1-4-16(26-5-2)25-10-7-13(8-11-25)22-18-20-9-6-15(23-18)14-12-21-24(3)17(14)19/h4,6,9,12-13H,5,7-8,10-11,19H2,1-3H3,(H,20,22,23)/b16-4+. The van der Waals surface area contributed by atoms with Gasteiger partial charge in [0.05, 0.1) is 24.1 Å². The van der Waals surface area contributed by atoms with Gasteiger partial charge in [-0.3, -0.25) is 4.68 Å². The number of allylic oxidation sites excluding steroid dienone is 1. The monoisotopic (exact) mass is 357 g/mol. The van der Waals surface area contributed by atoms with Crippen LogP contribution in [0.5, 0.6) is 0 Å². The van der Waals surface area contributed by atoms with E-state index in [0.29, 0.717) is 24.4 Å². The summed E-state index contributed by atoms with van der Waals surface area (Å²) in [5.41, 5.74) is 7.64. The van der Waals surface area contributed by atoms with Crippen LogP contribution < -0.4 is 11.1 Å². The van der Waals surface area contributed by atoms with Crippen LogP contribution in [0, 0.1) is 0 Å². The Morgan fingerprint density at radius 3 is 2.81 bits per heavy atom. The highest BCUT2D eigenvalue weighted by atomic mass is 16.5. The highest BCUT2D eigenvalue weighted by Crippen LogP contribution is 2.24. The predicted molar refractivity (Wildman–Crippen MR) is 102 cm³/mol. The lowest BCUT2D eigenvalue weighted by Gasteiger charge is -2.34. The second-order valence-electron chi connectivity index (χ2n) is 6.30. The summed E-state index contributed by atoms with van der Waals surface area (Å²) >= 11 is 0. The second kappa shape index (κ2) is 8.07. The van der Waals surface area contributed by atoms with E-state index in [4.69, 9.17) is 10.5 Å². The number of piperidine rings is 1. The number of nitrogen functional groups attached to an aromatic ring is 1. The summed E-state index contributed by atoms with van der Waals surface area (Å²) in [7, 11) is 1.81. The zero-order valence-corrected chi connectivity index (χ0v) is 15.6. The molecule has 3 N–H and O–H groups in total. The first-order valence-electron chi connectivity index (χ1n) is 9.03. The normalized spacial score (nSPS) is 16.0. The second-order valence-corrected chi connectivity index (χ2v) is 6.30. The van der Waals surface area contributed by atoms with Crippen LogP contribution in [-0.4, -0.2) is 50.4 Å². The minimum atomic E-state index is 0.340. The Morgan fingerprint density at radius 1 is 1.42 bits per heavy atom. The Morgan fingerprint density at radius 2 is 2.19 bits per heavy atom. The van der Waals surface area contributed by atoms with E-state index in [1.54, 1.807) is 17.1 Å². The summed E-state index contributed by atoms with van der Waals surface area (Å²) in [5, 5.41) is 7.62. The highest BCUT2D eigenvalue weighted by Gasteiger charge is 2.22. The lowest BCUT2D eigenvalue weighted by Crippen LogP contribution is -2.39. The molecule has 1 fully saturated rings. The highest BCUT2D eigenvalue weighted by molar-refractivity contribution is 5.70. The van der Waals surface area contributed by atoms with Crippen molar-refractivity contribution in [3.05, 3.63) is 30.4 Å². The van der Waals surface area contributed by atoms with Crippen molar-refractivity contribution in [3.8, 4) is 11.3 Å². The molecule has 140 valence electrons. The van der Waals surface area contributed by atoms with Gasteiger partial charge in [0.15, 0.2) is 5.88 Å². The average Bonchev–Trinajstić information content (AvgIpc) is 3.00. The molecule has 1 aliphatic heterocycles. The van der Waals surface area contributed by atoms with Gasteiger partial charge in [-0.2, -0.15) is 5.10 Å². The van der Waals surface area contributed by atoms with Crippen LogP contribution in [-0.2, 0) is 11.8 Å². The third-order valence-corrected chi connectivity index (χ3v) is 4.60.